The minimum atomic E-state index is -0.249. The third-order valence-electron chi connectivity index (χ3n) is 2.78. The van der Waals surface area contributed by atoms with E-state index in [4.69, 9.17) is 5.84 Å². The number of anilines is 1. The van der Waals surface area contributed by atoms with Gasteiger partial charge in [0.2, 0.25) is 5.91 Å². The maximum Gasteiger partial charge on any atom is 0.253 e. The van der Waals surface area contributed by atoms with Gasteiger partial charge in [0.1, 0.15) is 0 Å². The Kier molecular flexibility index (Phi) is 6.52. The molecule has 1 rings (SSSR count). The van der Waals surface area contributed by atoms with Gasteiger partial charge in [-0.3, -0.25) is 15.4 Å². The highest BCUT2D eigenvalue weighted by Crippen LogP contribution is 2.16. The molecule has 0 atom stereocenters. The van der Waals surface area contributed by atoms with Crippen LogP contribution in [0, 0.1) is 6.92 Å². The van der Waals surface area contributed by atoms with E-state index in [-0.39, 0.29) is 18.2 Å². The van der Waals surface area contributed by atoms with Crippen LogP contribution in [0.1, 0.15) is 35.7 Å². The number of carbonyl (C=O) groups excluding carboxylic acids is 2. The molecule has 110 valence electrons. The van der Waals surface area contributed by atoms with Gasteiger partial charge in [-0.2, -0.15) is 0 Å². The smallest absolute Gasteiger partial charge is 0.253 e. The van der Waals surface area contributed by atoms with Crippen molar-refractivity contribution in [3.63, 3.8) is 0 Å². The molecule has 5 N–H and O–H groups in total. The molecule has 0 heterocycles. The SMILES string of the molecule is CCCNC(=O)CCNC(=O)c1ccc(C)cc1NN. The quantitative estimate of drug-likeness (QED) is 0.440. The second-order valence-corrected chi connectivity index (χ2v) is 4.55. The number of nitrogens with one attached hydrogen (secondary N) is 3. The van der Waals surface area contributed by atoms with E-state index in [1.807, 2.05) is 19.9 Å². The number of benzene rings is 1. The Balaban J connectivity index is 2.49. The molecule has 0 saturated carbocycles. The van der Waals surface area contributed by atoms with Gasteiger partial charge in [-0.25, -0.2) is 0 Å². The van der Waals surface area contributed by atoms with Gasteiger partial charge >= 0.3 is 0 Å². The maximum absolute atomic E-state index is 12.0. The Bertz CT molecular complexity index is 474. The van der Waals surface area contributed by atoms with Crippen LogP contribution in [0.15, 0.2) is 18.2 Å². The lowest BCUT2D eigenvalue weighted by Crippen LogP contribution is -2.31. The number of nitrogen functional groups attached to an aromatic ring is 1. The van der Waals surface area contributed by atoms with Crippen molar-refractivity contribution in [1.82, 2.24) is 10.6 Å². The second kappa shape index (κ2) is 8.16. The molecule has 2 amide bonds. The summed E-state index contributed by atoms with van der Waals surface area (Å²) >= 11 is 0. The van der Waals surface area contributed by atoms with Crippen molar-refractivity contribution in [2.75, 3.05) is 18.5 Å². The van der Waals surface area contributed by atoms with E-state index in [9.17, 15) is 9.59 Å². The zero-order chi connectivity index (χ0) is 15.0. The van der Waals surface area contributed by atoms with Crippen LogP contribution in [0.5, 0.6) is 0 Å². The predicted molar refractivity (Wildman–Crippen MR) is 79.2 cm³/mol. The van der Waals surface area contributed by atoms with Gasteiger partial charge in [-0.15, -0.1) is 0 Å². The fourth-order valence-corrected chi connectivity index (χ4v) is 1.71. The summed E-state index contributed by atoms with van der Waals surface area (Å²) in [4.78, 5) is 23.4. The van der Waals surface area contributed by atoms with Crippen LogP contribution in [0.3, 0.4) is 0 Å². The van der Waals surface area contributed by atoms with Crippen molar-refractivity contribution < 1.29 is 9.59 Å². The van der Waals surface area contributed by atoms with E-state index in [2.05, 4.69) is 16.1 Å². The number of aryl methyl sites for hydroxylation is 1. The van der Waals surface area contributed by atoms with Crippen LogP contribution in [-0.4, -0.2) is 24.9 Å². The molecular weight excluding hydrogens is 256 g/mol. The first-order chi connectivity index (χ1) is 9.58. The number of rotatable bonds is 7. The Labute approximate surface area is 119 Å². The van der Waals surface area contributed by atoms with E-state index in [1.54, 1.807) is 12.1 Å². The fraction of sp³-hybridized carbons (Fsp3) is 0.429. The molecule has 0 spiro atoms. The van der Waals surface area contributed by atoms with Crippen molar-refractivity contribution >= 4 is 17.5 Å². The van der Waals surface area contributed by atoms with Crippen LogP contribution in [-0.2, 0) is 4.79 Å². The van der Waals surface area contributed by atoms with E-state index in [1.165, 1.54) is 0 Å². The van der Waals surface area contributed by atoms with Crippen molar-refractivity contribution in [2.45, 2.75) is 26.7 Å². The van der Waals surface area contributed by atoms with Gasteiger partial charge in [0, 0.05) is 19.5 Å². The molecule has 0 aliphatic rings. The molecule has 0 fully saturated rings. The lowest BCUT2D eigenvalue weighted by Gasteiger charge is -2.10. The third-order valence-corrected chi connectivity index (χ3v) is 2.78. The standard InChI is InChI=1S/C14H22N4O2/c1-3-7-16-13(19)6-8-17-14(20)11-5-4-10(2)9-12(11)18-15/h4-5,9,18H,3,6-8,15H2,1-2H3,(H,16,19)(H,17,20). The molecule has 1 aromatic carbocycles. The van der Waals surface area contributed by atoms with Crippen LogP contribution >= 0.6 is 0 Å². The van der Waals surface area contributed by atoms with Crippen molar-refractivity contribution in [1.29, 1.82) is 0 Å². The molecule has 0 aliphatic heterocycles. The van der Waals surface area contributed by atoms with E-state index in [0.29, 0.717) is 24.3 Å². The highest BCUT2D eigenvalue weighted by Gasteiger charge is 2.11. The fourth-order valence-electron chi connectivity index (χ4n) is 1.71. The van der Waals surface area contributed by atoms with E-state index < -0.39 is 0 Å². The molecule has 0 unspecified atom stereocenters. The van der Waals surface area contributed by atoms with Crippen LogP contribution in [0.4, 0.5) is 5.69 Å². The number of hydrazine groups is 1. The Morgan fingerprint density at radius 3 is 2.60 bits per heavy atom. The van der Waals surface area contributed by atoms with E-state index in [0.717, 1.165) is 12.0 Å². The highest BCUT2D eigenvalue weighted by atomic mass is 16.2. The molecule has 0 bridgehead atoms. The first-order valence-corrected chi connectivity index (χ1v) is 6.70. The van der Waals surface area contributed by atoms with Gasteiger partial charge in [0.15, 0.2) is 0 Å². The molecule has 0 saturated heterocycles. The summed E-state index contributed by atoms with van der Waals surface area (Å²) in [6.07, 6.45) is 1.16. The summed E-state index contributed by atoms with van der Waals surface area (Å²) in [5.41, 5.74) is 4.54. The Morgan fingerprint density at radius 1 is 1.20 bits per heavy atom. The monoisotopic (exact) mass is 278 g/mol. The van der Waals surface area contributed by atoms with Crippen molar-refractivity contribution in [2.24, 2.45) is 5.84 Å². The minimum Gasteiger partial charge on any atom is -0.356 e. The first-order valence-electron chi connectivity index (χ1n) is 6.70. The van der Waals surface area contributed by atoms with Gasteiger partial charge < -0.3 is 16.1 Å². The Morgan fingerprint density at radius 2 is 1.95 bits per heavy atom. The first kappa shape index (κ1) is 16.0. The average molecular weight is 278 g/mol. The minimum absolute atomic E-state index is 0.0618. The van der Waals surface area contributed by atoms with Crippen LogP contribution < -0.4 is 21.9 Å². The lowest BCUT2D eigenvalue weighted by molar-refractivity contribution is -0.120. The van der Waals surface area contributed by atoms with Crippen LogP contribution in [0.25, 0.3) is 0 Å². The normalized spacial score (nSPS) is 9.95. The molecule has 1 aromatic rings. The summed E-state index contributed by atoms with van der Waals surface area (Å²) in [5, 5.41) is 5.46. The molecular formula is C14H22N4O2. The molecule has 20 heavy (non-hydrogen) atoms. The van der Waals surface area contributed by atoms with Gasteiger partial charge in [0.25, 0.3) is 5.91 Å². The van der Waals surface area contributed by atoms with E-state index >= 15 is 0 Å². The zero-order valence-electron chi connectivity index (χ0n) is 12.0. The number of amides is 2. The second-order valence-electron chi connectivity index (χ2n) is 4.55. The number of nitrogens with two attached hydrogens (primary N) is 1. The molecule has 6 heteroatoms. The molecule has 0 aliphatic carbocycles. The number of carbonyl (C=O) groups is 2. The van der Waals surface area contributed by atoms with Crippen LogP contribution in [0.2, 0.25) is 0 Å². The van der Waals surface area contributed by atoms with Gasteiger partial charge in [0.05, 0.1) is 11.3 Å². The maximum atomic E-state index is 12.0. The number of hydrogen-bond acceptors (Lipinski definition) is 4. The topological polar surface area (TPSA) is 96.2 Å². The molecule has 0 aromatic heterocycles. The predicted octanol–water partition coefficient (Wildman–Crippen LogP) is 0.927. The summed E-state index contributed by atoms with van der Waals surface area (Å²) < 4.78 is 0. The van der Waals surface area contributed by atoms with Gasteiger partial charge in [-0.05, 0) is 31.0 Å². The van der Waals surface area contributed by atoms with Crippen molar-refractivity contribution in [3.05, 3.63) is 29.3 Å². The largest absolute Gasteiger partial charge is 0.356 e. The summed E-state index contributed by atoms with van der Waals surface area (Å²) in [7, 11) is 0. The molecule has 0 radical (unpaired) electrons. The third kappa shape index (κ3) is 4.89. The summed E-state index contributed by atoms with van der Waals surface area (Å²) in [6, 6.07) is 5.34. The summed E-state index contributed by atoms with van der Waals surface area (Å²) in [6.45, 7) is 4.86. The number of hydrogen-bond donors (Lipinski definition) is 4. The highest BCUT2D eigenvalue weighted by molar-refractivity contribution is 5.99. The summed E-state index contributed by atoms with van der Waals surface area (Å²) in [5.74, 6) is 5.08. The Hall–Kier alpha value is -2.08. The zero-order valence-corrected chi connectivity index (χ0v) is 12.0. The average Bonchev–Trinajstić information content (AvgIpc) is 2.44. The van der Waals surface area contributed by atoms with Gasteiger partial charge in [-0.1, -0.05) is 13.0 Å². The van der Waals surface area contributed by atoms with Crippen molar-refractivity contribution in [3.8, 4) is 0 Å². The lowest BCUT2D eigenvalue weighted by atomic mass is 10.1. The molecule has 6 nitrogen and oxygen atoms in total.